The van der Waals surface area contributed by atoms with Gasteiger partial charge < -0.3 is 14.8 Å². The number of hydrogen-bond donors (Lipinski definition) is 1. The maximum absolute atomic E-state index is 13.0. The van der Waals surface area contributed by atoms with Gasteiger partial charge in [0.2, 0.25) is 5.91 Å². The van der Waals surface area contributed by atoms with Crippen molar-refractivity contribution in [3.05, 3.63) is 74.4 Å². The van der Waals surface area contributed by atoms with Gasteiger partial charge in [-0.2, -0.15) is 5.10 Å². The molecule has 0 saturated carbocycles. The molecule has 0 unspecified atom stereocenters. The number of hydrogen-bond acceptors (Lipinski definition) is 7. The molecule has 2 aromatic heterocycles. The van der Waals surface area contributed by atoms with Crippen molar-refractivity contribution in [2.45, 2.75) is 24.5 Å². The van der Waals surface area contributed by atoms with Gasteiger partial charge in [-0.05, 0) is 51.3 Å². The first-order valence-electron chi connectivity index (χ1n) is 11.6. The third kappa shape index (κ3) is 6.70. The number of nitrogens with zero attached hydrogens (tertiary/aromatic N) is 6. The molecule has 194 valence electrons. The number of nitrogens with one attached hydrogen (secondary N) is 1. The summed E-state index contributed by atoms with van der Waals surface area (Å²) in [5, 5.41) is 18.9. The van der Waals surface area contributed by atoms with Crippen molar-refractivity contribution in [2.24, 2.45) is 7.05 Å². The van der Waals surface area contributed by atoms with Gasteiger partial charge in [0.25, 0.3) is 5.56 Å². The fourth-order valence-corrected chi connectivity index (χ4v) is 4.99. The van der Waals surface area contributed by atoms with Crippen LogP contribution in [0.4, 0.5) is 5.69 Å². The summed E-state index contributed by atoms with van der Waals surface area (Å²) in [5.41, 5.74) is 1.15. The highest BCUT2D eigenvalue weighted by Crippen LogP contribution is 2.26. The lowest BCUT2D eigenvalue weighted by Crippen LogP contribution is -2.26. The van der Waals surface area contributed by atoms with Crippen molar-refractivity contribution in [1.82, 2.24) is 29.4 Å². The van der Waals surface area contributed by atoms with Crippen LogP contribution in [0.1, 0.15) is 17.9 Å². The molecule has 0 spiro atoms. The highest BCUT2D eigenvalue weighted by molar-refractivity contribution is 7.99. The molecule has 0 bridgehead atoms. The van der Waals surface area contributed by atoms with Crippen molar-refractivity contribution in [3.8, 4) is 0 Å². The molecule has 4 rings (SSSR count). The number of aromatic nitrogens is 5. The molecular formula is C25H27Cl2N7O2S. The van der Waals surface area contributed by atoms with Crippen LogP contribution in [0.15, 0.2) is 52.4 Å². The second kappa shape index (κ2) is 12.1. The van der Waals surface area contributed by atoms with Crippen molar-refractivity contribution in [3.63, 3.8) is 0 Å². The predicted molar refractivity (Wildman–Crippen MR) is 149 cm³/mol. The summed E-state index contributed by atoms with van der Waals surface area (Å²) in [6.45, 7) is 1.39. The second-order valence-corrected chi connectivity index (χ2v) is 10.6. The molecule has 37 heavy (non-hydrogen) atoms. The maximum Gasteiger partial charge on any atom is 0.274 e. The Morgan fingerprint density at radius 1 is 1.11 bits per heavy atom. The summed E-state index contributed by atoms with van der Waals surface area (Å²) in [7, 11) is 5.85. The van der Waals surface area contributed by atoms with Gasteiger partial charge in [0.1, 0.15) is 5.82 Å². The number of halogens is 2. The number of carbonyl (C=O) groups excluding carboxylic acids is 1. The molecule has 0 saturated heterocycles. The molecule has 1 amide bonds. The maximum atomic E-state index is 13.0. The lowest BCUT2D eigenvalue weighted by Gasteiger charge is -2.13. The number of aryl methyl sites for hydroxylation is 1. The van der Waals surface area contributed by atoms with E-state index in [2.05, 4.69) is 20.4 Å². The Balaban J connectivity index is 1.49. The van der Waals surface area contributed by atoms with Crippen LogP contribution >= 0.6 is 35.0 Å². The third-order valence-electron chi connectivity index (χ3n) is 5.71. The molecule has 9 nitrogen and oxygen atoms in total. The first-order chi connectivity index (χ1) is 17.7. The van der Waals surface area contributed by atoms with E-state index in [0.29, 0.717) is 45.1 Å². The van der Waals surface area contributed by atoms with Crippen LogP contribution in [0.25, 0.3) is 10.8 Å². The number of benzene rings is 2. The van der Waals surface area contributed by atoms with Crippen molar-refractivity contribution in [1.29, 1.82) is 0 Å². The Hall–Kier alpha value is -2.92. The van der Waals surface area contributed by atoms with Crippen LogP contribution < -0.4 is 10.9 Å². The monoisotopic (exact) mass is 559 g/mol. The van der Waals surface area contributed by atoms with E-state index in [4.69, 9.17) is 28.3 Å². The molecule has 0 aliphatic carbocycles. The van der Waals surface area contributed by atoms with Crippen LogP contribution in [0.2, 0.25) is 10.0 Å². The van der Waals surface area contributed by atoms with Gasteiger partial charge in [-0.1, -0.05) is 53.2 Å². The Morgan fingerprint density at radius 3 is 2.59 bits per heavy atom. The molecule has 2 heterocycles. The largest absolute Gasteiger partial charge is 0.324 e. The molecule has 0 aliphatic heterocycles. The number of thioether (sulfide) groups is 1. The van der Waals surface area contributed by atoms with E-state index in [-0.39, 0.29) is 17.2 Å². The zero-order valence-corrected chi connectivity index (χ0v) is 23.1. The van der Waals surface area contributed by atoms with Gasteiger partial charge in [-0.3, -0.25) is 9.59 Å². The first kappa shape index (κ1) is 27.1. The zero-order chi connectivity index (χ0) is 26.5. The number of fused-ring (bicyclic) bond motifs is 1. The fourth-order valence-electron chi connectivity index (χ4n) is 3.81. The SMILES string of the molecule is CN(C)CCCn1nc(Cc2nnc(SCC(=O)Nc3ccc(Cl)cc3Cl)n2C)c2ccccc2c1=O. The molecule has 12 heteroatoms. The number of carbonyl (C=O) groups is 1. The van der Waals surface area contributed by atoms with E-state index in [1.807, 2.05) is 50.0 Å². The lowest BCUT2D eigenvalue weighted by molar-refractivity contribution is -0.113. The van der Waals surface area contributed by atoms with Crippen molar-refractivity contribution < 1.29 is 4.79 Å². The van der Waals surface area contributed by atoms with E-state index < -0.39 is 0 Å². The van der Waals surface area contributed by atoms with Crippen molar-refractivity contribution >= 4 is 57.3 Å². The van der Waals surface area contributed by atoms with Gasteiger partial charge in [-0.25, -0.2) is 4.68 Å². The highest BCUT2D eigenvalue weighted by atomic mass is 35.5. The molecule has 4 aromatic rings. The third-order valence-corrected chi connectivity index (χ3v) is 7.28. The van der Waals surface area contributed by atoms with Crippen LogP contribution in [-0.2, 0) is 24.8 Å². The summed E-state index contributed by atoms with van der Waals surface area (Å²) in [5.74, 6) is 0.582. The quantitative estimate of drug-likeness (QED) is 0.292. The minimum atomic E-state index is -0.226. The van der Waals surface area contributed by atoms with Crippen LogP contribution in [0.3, 0.4) is 0 Å². The summed E-state index contributed by atoms with van der Waals surface area (Å²) >= 11 is 13.3. The lowest BCUT2D eigenvalue weighted by atomic mass is 10.1. The first-order valence-corrected chi connectivity index (χ1v) is 13.4. The number of anilines is 1. The van der Waals surface area contributed by atoms with E-state index in [9.17, 15) is 9.59 Å². The van der Waals surface area contributed by atoms with Crippen molar-refractivity contribution in [2.75, 3.05) is 31.7 Å². The minimum Gasteiger partial charge on any atom is -0.324 e. The number of rotatable bonds is 10. The average molecular weight is 561 g/mol. The second-order valence-electron chi connectivity index (χ2n) is 8.77. The molecule has 0 fully saturated rings. The minimum absolute atomic E-state index is 0.0980. The molecule has 0 radical (unpaired) electrons. The summed E-state index contributed by atoms with van der Waals surface area (Å²) in [4.78, 5) is 27.5. The van der Waals surface area contributed by atoms with Crippen LogP contribution in [-0.4, -0.2) is 61.7 Å². The topological polar surface area (TPSA) is 97.9 Å². The Morgan fingerprint density at radius 2 is 1.86 bits per heavy atom. The van der Waals surface area contributed by atoms with Gasteiger partial charge >= 0.3 is 0 Å². The van der Waals surface area contributed by atoms with Crippen LogP contribution in [0, 0.1) is 0 Å². The van der Waals surface area contributed by atoms with Gasteiger partial charge in [-0.15, -0.1) is 10.2 Å². The summed E-state index contributed by atoms with van der Waals surface area (Å²) in [6, 6.07) is 12.4. The van der Waals surface area contributed by atoms with E-state index in [1.54, 1.807) is 22.9 Å². The number of amides is 1. The smallest absolute Gasteiger partial charge is 0.274 e. The van der Waals surface area contributed by atoms with Gasteiger partial charge in [0.05, 0.1) is 34.0 Å². The Bertz CT molecular complexity index is 1490. The van der Waals surface area contributed by atoms with E-state index in [0.717, 1.165) is 24.0 Å². The standard InChI is InChI=1S/C25H27Cl2N7O2S/c1-32(2)11-6-12-34-24(36)18-8-5-4-7-17(18)21(31-34)14-22-29-30-25(33(22)3)37-15-23(35)28-20-10-9-16(26)13-19(20)27/h4-5,7-10,13H,6,11-12,14-15H2,1-3H3,(H,28,35). The molecular weight excluding hydrogens is 533 g/mol. The Kier molecular flexibility index (Phi) is 8.86. The van der Waals surface area contributed by atoms with Gasteiger partial charge in [0.15, 0.2) is 5.16 Å². The summed E-state index contributed by atoms with van der Waals surface area (Å²) in [6.07, 6.45) is 1.21. The normalized spacial score (nSPS) is 11.4. The fraction of sp³-hybridized carbons (Fsp3) is 0.320. The van der Waals surface area contributed by atoms with Gasteiger partial charge in [0, 0.05) is 24.0 Å². The van der Waals surface area contributed by atoms with E-state index >= 15 is 0 Å². The zero-order valence-electron chi connectivity index (χ0n) is 20.7. The predicted octanol–water partition coefficient (Wildman–Crippen LogP) is 4.11. The highest BCUT2D eigenvalue weighted by Gasteiger charge is 2.17. The molecule has 2 aromatic carbocycles. The average Bonchev–Trinajstić information content (AvgIpc) is 3.21. The Labute approximate surface area is 228 Å². The molecule has 0 atom stereocenters. The molecule has 1 N–H and O–H groups in total. The van der Waals surface area contributed by atoms with Crippen LogP contribution in [0.5, 0.6) is 0 Å². The molecule has 0 aliphatic rings. The summed E-state index contributed by atoms with van der Waals surface area (Å²) < 4.78 is 3.38. The van der Waals surface area contributed by atoms with E-state index in [1.165, 1.54) is 11.8 Å².